The van der Waals surface area contributed by atoms with Crippen molar-refractivity contribution in [3.63, 3.8) is 0 Å². The fourth-order valence-corrected chi connectivity index (χ4v) is 4.83. The maximum absolute atomic E-state index is 13.3. The van der Waals surface area contributed by atoms with E-state index in [9.17, 15) is 19.8 Å². The molecule has 2 heterocycles. The van der Waals surface area contributed by atoms with Crippen molar-refractivity contribution in [3.05, 3.63) is 29.3 Å². The van der Waals surface area contributed by atoms with E-state index in [1.165, 1.54) is 0 Å². The third kappa shape index (κ3) is 5.04. The number of phenols is 1. The zero-order chi connectivity index (χ0) is 22.6. The first-order valence-corrected chi connectivity index (χ1v) is 11.6. The van der Waals surface area contributed by atoms with E-state index in [2.05, 4.69) is 31.0 Å². The molecule has 2 fully saturated rings. The molecule has 0 saturated carbocycles. The summed E-state index contributed by atoms with van der Waals surface area (Å²) >= 11 is 0. The van der Waals surface area contributed by atoms with Gasteiger partial charge in [0.2, 0.25) is 11.8 Å². The lowest BCUT2D eigenvalue weighted by Crippen LogP contribution is -2.73. The number of unbranched alkanes of at least 4 members (excludes halogenated alkanes) is 1. The van der Waals surface area contributed by atoms with Crippen LogP contribution in [0.15, 0.2) is 18.2 Å². The molecule has 2 aliphatic heterocycles. The van der Waals surface area contributed by atoms with Gasteiger partial charge in [0.25, 0.3) is 0 Å². The van der Waals surface area contributed by atoms with Crippen molar-refractivity contribution < 1.29 is 19.8 Å². The highest BCUT2D eigenvalue weighted by Crippen LogP contribution is 2.35. The van der Waals surface area contributed by atoms with Gasteiger partial charge in [0.05, 0.1) is 6.61 Å². The van der Waals surface area contributed by atoms with Crippen LogP contribution in [-0.2, 0) is 22.7 Å². The average molecular weight is 432 g/mol. The summed E-state index contributed by atoms with van der Waals surface area (Å²) in [6, 6.07) is 4.93. The largest absolute Gasteiger partial charge is 0.508 e. The number of aromatic hydroxyl groups is 1. The van der Waals surface area contributed by atoms with Crippen LogP contribution < -0.4 is 5.32 Å². The topological polar surface area (TPSA) is 93.1 Å². The SMILES string of the molecule is CCCCN1C(=O)[C@H](CC(C)C)NC(=O)C12CCN(Cc1ccc(CO)c(O)c1)CC2. The number of hydrogen-bond donors (Lipinski definition) is 3. The fraction of sp³-hybridized carbons (Fsp3) is 0.667. The van der Waals surface area contributed by atoms with Gasteiger partial charge in [0, 0.05) is 31.7 Å². The zero-order valence-corrected chi connectivity index (χ0v) is 19.1. The van der Waals surface area contributed by atoms with Gasteiger partial charge in [-0.15, -0.1) is 0 Å². The molecule has 7 heteroatoms. The minimum atomic E-state index is -0.751. The Morgan fingerprint density at radius 1 is 1.23 bits per heavy atom. The number of nitrogens with one attached hydrogen (secondary N) is 1. The van der Waals surface area contributed by atoms with Crippen molar-refractivity contribution in [1.82, 2.24) is 15.1 Å². The van der Waals surface area contributed by atoms with Gasteiger partial charge in [-0.25, -0.2) is 0 Å². The maximum Gasteiger partial charge on any atom is 0.246 e. The van der Waals surface area contributed by atoms with Crippen LogP contribution in [0, 0.1) is 5.92 Å². The van der Waals surface area contributed by atoms with Gasteiger partial charge < -0.3 is 20.4 Å². The van der Waals surface area contributed by atoms with Crippen molar-refractivity contribution in [3.8, 4) is 5.75 Å². The Morgan fingerprint density at radius 3 is 2.52 bits per heavy atom. The number of carbonyl (C=O) groups is 2. The van der Waals surface area contributed by atoms with E-state index in [1.807, 2.05) is 11.0 Å². The van der Waals surface area contributed by atoms with Crippen molar-refractivity contribution in [1.29, 1.82) is 0 Å². The van der Waals surface area contributed by atoms with Crippen LogP contribution in [0.2, 0.25) is 0 Å². The number of aliphatic hydroxyl groups is 1. The van der Waals surface area contributed by atoms with E-state index in [-0.39, 0.29) is 24.2 Å². The molecule has 1 atom stereocenters. The van der Waals surface area contributed by atoms with E-state index in [0.717, 1.165) is 18.4 Å². The van der Waals surface area contributed by atoms with Gasteiger partial charge in [-0.1, -0.05) is 39.3 Å². The van der Waals surface area contributed by atoms with Crippen molar-refractivity contribution >= 4 is 11.8 Å². The molecule has 2 saturated heterocycles. The minimum absolute atomic E-state index is 0.00144. The lowest BCUT2D eigenvalue weighted by molar-refractivity contribution is -0.161. The van der Waals surface area contributed by atoms with Crippen molar-refractivity contribution in [2.24, 2.45) is 5.92 Å². The van der Waals surface area contributed by atoms with Gasteiger partial charge in [0.15, 0.2) is 0 Å². The van der Waals surface area contributed by atoms with E-state index in [0.29, 0.717) is 56.9 Å². The Kier molecular flexibility index (Phi) is 7.59. The highest BCUT2D eigenvalue weighted by Gasteiger charge is 2.53. The summed E-state index contributed by atoms with van der Waals surface area (Å²) in [6.07, 6.45) is 3.78. The van der Waals surface area contributed by atoms with Gasteiger partial charge >= 0.3 is 0 Å². The van der Waals surface area contributed by atoms with E-state index >= 15 is 0 Å². The van der Waals surface area contributed by atoms with Crippen LogP contribution in [0.1, 0.15) is 64.0 Å². The lowest BCUT2D eigenvalue weighted by Gasteiger charge is -2.52. The Balaban J connectivity index is 1.71. The van der Waals surface area contributed by atoms with Crippen LogP contribution in [0.4, 0.5) is 0 Å². The Morgan fingerprint density at radius 2 is 1.94 bits per heavy atom. The number of benzene rings is 1. The number of piperazine rings is 1. The standard InChI is InChI=1S/C24H37N3O4/c1-4-5-10-27-22(30)20(13-17(2)3)25-23(31)24(27)8-11-26(12-9-24)15-18-6-7-19(16-28)21(29)14-18/h6-7,14,17,20,28-29H,4-5,8-13,15-16H2,1-3H3,(H,25,31)/t20-/m0/s1. The van der Waals surface area contributed by atoms with Gasteiger partial charge in [-0.2, -0.15) is 0 Å². The Bertz CT molecular complexity index is 787. The number of piperidine rings is 1. The summed E-state index contributed by atoms with van der Waals surface area (Å²) in [6.45, 7) is 8.78. The zero-order valence-electron chi connectivity index (χ0n) is 19.1. The summed E-state index contributed by atoms with van der Waals surface area (Å²) in [5.74, 6) is 0.512. The summed E-state index contributed by atoms with van der Waals surface area (Å²) < 4.78 is 0. The van der Waals surface area contributed by atoms with Crippen LogP contribution in [0.5, 0.6) is 5.75 Å². The normalized spacial score (nSPS) is 21.7. The monoisotopic (exact) mass is 431 g/mol. The number of rotatable bonds is 8. The summed E-state index contributed by atoms with van der Waals surface area (Å²) in [7, 11) is 0. The highest BCUT2D eigenvalue weighted by molar-refractivity contribution is 6.00. The summed E-state index contributed by atoms with van der Waals surface area (Å²) in [4.78, 5) is 30.7. The highest BCUT2D eigenvalue weighted by atomic mass is 16.3. The predicted molar refractivity (Wildman–Crippen MR) is 119 cm³/mol. The maximum atomic E-state index is 13.3. The number of hydrogen-bond acceptors (Lipinski definition) is 5. The Hall–Kier alpha value is -2.12. The van der Waals surface area contributed by atoms with E-state index in [4.69, 9.17) is 0 Å². The summed E-state index contributed by atoms with van der Waals surface area (Å²) in [5, 5.41) is 22.3. The van der Waals surface area contributed by atoms with Crippen LogP contribution in [0.25, 0.3) is 0 Å². The van der Waals surface area contributed by atoms with Crippen LogP contribution in [-0.4, -0.2) is 63.0 Å². The molecule has 172 valence electrons. The van der Waals surface area contributed by atoms with Crippen LogP contribution in [0.3, 0.4) is 0 Å². The molecule has 1 aromatic rings. The second-order valence-corrected chi connectivity index (χ2v) is 9.43. The number of nitrogens with zero attached hydrogens (tertiary/aromatic N) is 2. The van der Waals surface area contributed by atoms with Crippen molar-refractivity contribution in [2.75, 3.05) is 19.6 Å². The molecule has 2 aliphatic rings. The smallest absolute Gasteiger partial charge is 0.246 e. The van der Waals surface area contributed by atoms with Crippen LogP contribution >= 0.6 is 0 Å². The first-order chi connectivity index (χ1) is 14.8. The summed E-state index contributed by atoms with van der Waals surface area (Å²) in [5.41, 5.74) is 0.731. The molecule has 0 radical (unpaired) electrons. The molecule has 0 aromatic heterocycles. The molecule has 0 unspecified atom stereocenters. The third-order valence-corrected chi connectivity index (χ3v) is 6.66. The predicted octanol–water partition coefficient (Wildman–Crippen LogP) is 2.39. The molecule has 0 aliphatic carbocycles. The number of aliphatic hydroxyl groups excluding tert-OH is 1. The van der Waals surface area contributed by atoms with Gasteiger partial charge in [0.1, 0.15) is 17.3 Å². The van der Waals surface area contributed by atoms with Gasteiger partial charge in [-0.3, -0.25) is 14.5 Å². The average Bonchev–Trinajstić information content (AvgIpc) is 2.73. The molecule has 2 amide bonds. The first-order valence-electron chi connectivity index (χ1n) is 11.6. The molecule has 1 spiro atoms. The van der Waals surface area contributed by atoms with Crippen molar-refractivity contribution in [2.45, 2.75) is 77.6 Å². The molecule has 7 nitrogen and oxygen atoms in total. The minimum Gasteiger partial charge on any atom is -0.508 e. The molecule has 3 rings (SSSR count). The molecular formula is C24H37N3O4. The molecular weight excluding hydrogens is 394 g/mol. The molecule has 31 heavy (non-hydrogen) atoms. The fourth-order valence-electron chi connectivity index (χ4n) is 4.83. The van der Waals surface area contributed by atoms with Gasteiger partial charge in [-0.05, 0) is 43.2 Å². The molecule has 3 N–H and O–H groups in total. The molecule has 1 aromatic carbocycles. The number of carbonyl (C=O) groups excluding carboxylic acids is 2. The first kappa shape index (κ1) is 23.5. The third-order valence-electron chi connectivity index (χ3n) is 6.66. The lowest BCUT2D eigenvalue weighted by atomic mass is 9.80. The second kappa shape index (κ2) is 10.0. The number of amides is 2. The van der Waals surface area contributed by atoms with E-state index in [1.54, 1.807) is 12.1 Å². The quantitative estimate of drug-likeness (QED) is 0.588. The molecule has 0 bridgehead atoms. The second-order valence-electron chi connectivity index (χ2n) is 9.43. The van der Waals surface area contributed by atoms with E-state index < -0.39 is 11.6 Å². The Labute approximate surface area is 185 Å². The number of likely N-dealkylation sites (tertiary alicyclic amines) is 1.